The highest BCUT2D eigenvalue weighted by Crippen LogP contribution is 2.45. The van der Waals surface area contributed by atoms with Crippen molar-refractivity contribution >= 4 is 0 Å². The molecule has 48 valence electrons. The molecule has 0 aromatic rings. The van der Waals surface area contributed by atoms with Crippen LogP contribution in [0.2, 0.25) is 0 Å². The van der Waals surface area contributed by atoms with E-state index in [2.05, 4.69) is 13.8 Å². The second kappa shape index (κ2) is 1.45. The van der Waals surface area contributed by atoms with E-state index in [9.17, 15) is 0 Å². The van der Waals surface area contributed by atoms with Crippen molar-refractivity contribution < 1.29 is 4.74 Å². The summed E-state index contributed by atoms with van der Waals surface area (Å²) in [5.41, 5.74) is 5.86. The van der Waals surface area contributed by atoms with Gasteiger partial charge in [-0.15, -0.1) is 0 Å². The van der Waals surface area contributed by atoms with Gasteiger partial charge in [0.05, 0.1) is 6.10 Å². The van der Waals surface area contributed by atoms with E-state index in [0.29, 0.717) is 6.10 Å². The molecule has 0 heterocycles. The molecule has 0 radical (unpaired) electrons. The fourth-order valence-electron chi connectivity index (χ4n) is 1.08. The van der Waals surface area contributed by atoms with Gasteiger partial charge in [-0.3, -0.25) is 0 Å². The molecule has 1 aliphatic carbocycles. The number of ether oxygens (including phenoxy) is 1. The lowest BCUT2D eigenvalue weighted by Gasteiger charge is -1.96. The van der Waals surface area contributed by atoms with Crippen molar-refractivity contribution in [3.8, 4) is 0 Å². The molecule has 0 amide bonds. The second-order valence-corrected chi connectivity index (χ2v) is 3.00. The number of hydrogen-bond donors (Lipinski definition) is 1. The van der Waals surface area contributed by atoms with Crippen molar-refractivity contribution in [2.75, 3.05) is 7.11 Å². The molecule has 2 atom stereocenters. The second-order valence-electron chi connectivity index (χ2n) is 3.00. The Labute approximate surface area is 50.0 Å². The van der Waals surface area contributed by atoms with Crippen LogP contribution in [0.1, 0.15) is 13.8 Å². The summed E-state index contributed by atoms with van der Waals surface area (Å²) < 4.78 is 5.06. The van der Waals surface area contributed by atoms with Crippen LogP contribution >= 0.6 is 0 Å². The van der Waals surface area contributed by atoms with Gasteiger partial charge < -0.3 is 10.5 Å². The predicted molar refractivity (Wildman–Crippen MR) is 32.6 cm³/mol. The van der Waals surface area contributed by atoms with Gasteiger partial charge in [0, 0.05) is 18.6 Å². The highest BCUT2D eigenvalue weighted by Gasteiger charge is 2.56. The van der Waals surface area contributed by atoms with Crippen LogP contribution in [-0.2, 0) is 4.74 Å². The topological polar surface area (TPSA) is 35.2 Å². The fraction of sp³-hybridized carbons (Fsp3) is 1.00. The molecule has 1 saturated carbocycles. The van der Waals surface area contributed by atoms with Gasteiger partial charge in [-0.25, -0.2) is 0 Å². The summed E-state index contributed by atoms with van der Waals surface area (Å²) in [5, 5.41) is 0. The first-order valence-corrected chi connectivity index (χ1v) is 2.89. The fourth-order valence-corrected chi connectivity index (χ4v) is 1.08. The average molecular weight is 115 g/mol. The van der Waals surface area contributed by atoms with Crippen LogP contribution in [0.4, 0.5) is 0 Å². The van der Waals surface area contributed by atoms with E-state index in [0.717, 1.165) is 0 Å². The molecule has 2 nitrogen and oxygen atoms in total. The largest absolute Gasteiger partial charge is 0.379 e. The van der Waals surface area contributed by atoms with Gasteiger partial charge in [0.25, 0.3) is 0 Å². The molecule has 0 bridgehead atoms. The Morgan fingerprint density at radius 2 is 1.88 bits per heavy atom. The number of hydrogen-bond acceptors (Lipinski definition) is 2. The minimum Gasteiger partial charge on any atom is -0.379 e. The lowest BCUT2D eigenvalue weighted by atomic mass is 10.2. The third kappa shape index (κ3) is 0.565. The van der Waals surface area contributed by atoms with E-state index in [1.165, 1.54) is 0 Å². The van der Waals surface area contributed by atoms with Crippen LogP contribution in [-0.4, -0.2) is 19.3 Å². The molecular formula is C6H13NO. The first-order chi connectivity index (χ1) is 3.60. The average Bonchev–Trinajstić information content (AvgIpc) is 2.09. The minimum atomic E-state index is 0.231. The smallest absolute Gasteiger partial charge is 0.0794 e. The van der Waals surface area contributed by atoms with Gasteiger partial charge in [-0.05, 0) is 0 Å². The van der Waals surface area contributed by atoms with E-state index < -0.39 is 0 Å². The standard InChI is InChI=1S/C6H13NO/c1-6(2)4(7)5(6)8-3/h4-5H,7H2,1-3H3/t4-,5+/m0/s1. The van der Waals surface area contributed by atoms with Crippen LogP contribution in [0.5, 0.6) is 0 Å². The summed E-state index contributed by atoms with van der Waals surface area (Å²) in [5.74, 6) is 0. The molecule has 0 aromatic carbocycles. The highest BCUT2D eigenvalue weighted by molar-refractivity contribution is 5.10. The first-order valence-electron chi connectivity index (χ1n) is 2.89. The zero-order valence-corrected chi connectivity index (χ0v) is 5.64. The minimum absolute atomic E-state index is 0.231. The monoisotopic (exact) mass is 115 g/mol. The van der Waals surface area contributed by atoms with Crippen molar-refractivity contribution in [1.82, 2.24) is 0 Å². The van der Waals surface area contributed by atoms with Gasteiger partial charge in [-0.1, -0.05) is 13.8 Å². The van der Waals surface area contributed by atoms with Crippen molar-refractivity contribution in [3.63, 3.8) is 0 Å². The van der Waals surface area contributed by atoms with Crippen molar-refractivity contribution in [1.29, 1.82) is 0 Å². The Morgan fingerprint density at radius 1 is 1.50 bits per heavy atom. The molecule has 1 fully saturated rings. The van der Waals surface area contributed by atoms with Gasteiger partial charge >= 0.3 is 0 Å². The maximum Gasteiger partial charge on any atom is 0.0794 e. The molecule has 8 heavy (non-hydrogen) atoms. The molecule has 0 saturated heterocycles. The predicted octanol–water partition coefficient (Wildman–Crippen LogP) is 0.368. The lowest BCUT2D eigenvalue weighted by molar-refractivity contribution is 0.151. The summed E-state index contributed by atoms with van der Waals surface area (Å²) in [6.07, 6.45) is 0.294. The summed E-state index contributed by atoms with van der Waals surface area (Å²) >= 11 is 0. The Morgan fingerprint density at radius 3 is 1.88 bits per heavy atom. The Kier molecular flexibility index (Phi) is 1.10. The number of nitrogens with two attached hydrogens (primary N) is 1. The van der Waals surface area contributed by atoms with E-state index in [1.807, 2.05) is 0 Å². The van der Waals surface area contributed by atoms with Gasteiger partial charge in [-0.2, -0.15) is 0 Å². The van der Waals surface area contributed by atoms with E-state index >= 15 is 0 Å². The molecule has 1 aliphatic rings. The molecular weight excluding hydrogens is 102 g/mol. The van der Waals surface area contributed by atoms with Gasteiger partial charge in [0.2, 0.25) is 0 Å². The van der Waals surface area contributed by atoms with Crippen LogP contribution < -0.4 is 5.73 Å². The quantitative estimate of drug-likeness (QED) is 0.536. The van der Waals surface area contributed by atoms with Crippen LogP contribution in [0.15, 0.2) is 0 Å². The maximum absolute atomic E-state index is 5.63. The summed E-state index contributed by atoms with van der Waals surface area (Å²) in [6.45, 7) is 4.23. The Bertz CT molecular complexity index is 101. The molecule has 0 aromatic heterocycles. The van der Waals surface area contributed by atoms with Crippen molar-refractivity contribution in [3.05, 3.63) is 0 Å². The van der Waals surface area contributed by atoms with E-state index in [4.69, 9.17) is 10.5 Å². The third-order valence-corrected chi connectivity index (χ3v) is 2.06. The Hall–Kier alpha value is -0.0800. The van der Waals surface area contributed by atoms with Crippen LogP contribution in [0, 0.1) is 5.41 Å². The molecule has 2 N–H and O–H groups in total. The van der Waals surface area contributed by atoms with Crippen LogP contribution in [0.25, 0.3) is 0 Å². The highest BCUT2D eigenvalue weighted by atomic mass is 16.5. The number of rotatable bonds is 1. The normalized spacial score (nSPS) is 42.0. The zero-order chi connectivity index (χ0) is 6.36. The van der Waals surface area contributed by atoms with Crippen molar-refractivity contribution in [2.24, 2.45) is 11.1 Å². The molecule has 2 heteroatoms. The Balaban J connectivity index is 2.45. The lowest BCUT2D eigenvalue weighted by Crippen LogP contribution is -2.07. The SMILES string of the molecule is CO[C@@H]1[C@H](N)C1(C)C. The van der Waals surface area contributed by atoms with E-state index in [1.54, 1.807) is 7.11 Å². The zero-order valence-electron chi connectivity index (χ0n) is 5.64. The summed E-state index contributed by atoms with van der Waals surface area (Å²) in [7, 11) is 1.71. The summed E-state index contributed by atoms with van der Waals surface area (Å²) in [4.78, 5) is 0. The number of methoxy groups -OCH3 is 1. The maximum atomic E-state index is 5.63. The first kappa shape index (κ1) is 6.05. The van der Waals surface area contributed by atoms with E-state index in [-0.39, 0.29) is 11.5 Å². The van der Waals surface area contributed by atoms with Crippen molar-refractivity contribution in [2.45, 2.75) is 26.0 Å². The van der Waals surface area contributed by atoms with Gasteiger partial charge in [0.1, 0.15) is 0 Å². The van der Waals surface area contributed by atoms with Crippen LogP contribution in [0.3, 0.4) is 0 Å². The third-order valence-electron chi connectivity index (χ3n) is 2.06. The molecule has 0 aliphatic heterocycles. The molecule has 1 rings (SSSR count). The molecule has 0 spiro atoms. The molecule has 0 unspecified atom stereocenters. The van der Waals surface area contributed by atoms with Gasteiger partial charge in [0.15, 0.2) is 0 Å². The summed E-state index contributed by atoms with van der Waals surface area (Å²) in [6, 6.07) is 0.257.